The molecule has 106 valence electrons. The summed E-state index contributed by atoms with van der Waals surface area (Å²) >= 11 is 0. The highest BCUT2D eigenvalue weighted by molar-refractivity contribution is 5.39. The number of benzene rings is 1. The lowest BCUT2D eigenvalue weighted by molar-refractivity contribution is 0.00575. The second-order valence-corrected chi connectivity index (χ2v) is 5.96. The molecule has 3 heteroatoms. The van der Waals surface area contributed by atoms with Gasteiger partial charge in [0.25, 0.3) is 0 Å². The summed E-state index contributed by atoms with van der Waals surface area (Å²) < 4.78 is 19.6. The molecule has 1 heterocycles. The molecule has 0 aliphatic carbocycles. The third kappa shape index (κ3) is 2.92. The minimum absolute atomic E-state index is 0.173. The summed E-state index contributed by atoms with van der Waals surface area (Å²) in [5.41, 5.74) is 0.752. The molecule has 0 fully saturated rings. The van der Waals surface area contributed by atoms with Gasteiger partial charge in [-0.25, -0.2) is 4.39 Å². The van der Waals surface area contributed by atoms with E-state index in [-0.39, 0.29) is 17.5 Å². The van der Waals surface area contributed by atoms with Crippen LogP contribution in [0.4, 0.5) is 4.39 Å². The maximum absolute atomic E-state index is 13.5. The van der Waals surface area contributed by atoms with Gasteiger partial charge in [-0.2, -0.15) is 0 Å². The highest BCUT2D eigenvalue weighted by atomic mass is 19.1. The normalized spacial score (nSPS) is 26.1. The van der Waals surface area contributed by atoms with Gasteiger partial charge in [-0.15, -0.1) is 0 Å². The zero-order valence-corrected chi connectivity index (χ0v) is 12.3. The topological polar surface area (TPSA) is 21.3 Å². The highest BCUT2D eigenvalue weighted by Gasteiger charge is 2.39. The zero-order chi connectivity index (χ0) is 14.0. The van der Waals surface area contributed by atoms with Crippen molar-refractivity contribution in [3.05, 3.63) is 29.6 Å². The molecule has 2 nitrogen and oxygen atoms in total. The van der Waals surface area contributed by atoms with Gasteiger partial charge in [-0.1, -0.05) is 20.8 Å². The summed E-state index contributed by atoms with van der Waals surface area (Å²) in [5, 5.41) is 3.52. The summed E-state index contributed by atoms with van der Waals surface area (Å²) in [4.78, 5) is 0. The smallest absolute Gasteiger partial charge is 0.125 e. The number of fused-ring (bicyclic) bond motifs is 1. The molecule has 0 radical (unpaired) electrons. The van der Waals surface area contributed by atoms with Crippen LogP contribution in [0, 0.1) is 11.7 Å². The molecule has 0 bridgehead atoms. The number of hydrogen-bond acceptors (Lipinski definition) is 2. The maximum atomic E-state index is 13.5. The van der Waals surface area contributed by atoms with Crippen LogP contribution in [0.25, 0.3) is 0 Å². The SMILES string of the molecule is CCCNC1CC(C)(C(C)C)Oc2ccc(F)cc21. The average molecular weight is 265 g/mol. The second kappa shape index (κ2) is 5.49. The third-order valence-electron chi connectivity index (χ3n) is 4.16. The Morgan fingerprint density at radius 2 is 2.21 bits per heavy atom. The second-order valence-electron chi connectivity index (χ2n) is 5.96. The van der Waals surface area contributed by atoms with Gasteiger partial charge in [0.1, 0.15) is 17.2 Å². The van der Waals surface area contributed by atoms with Crippen molar-refractivity contribution in [1.29, 1.82) is 0 Å². The van der Waals surface area contributed by atoms with Gasteiger partial charge < -0.3 is 10.1 Å². The van der Waals surface area contributed by atoms with Gasteiger partial charge in [0.05, 0.1) is 0 Å². The molecule has 2 unspecified atom stereocenters. The van der Waals surface area contributed by atoms with Crippen LogP contribution in [0.15, 0.2) is 18.2 Å². The minimum Gasteiger partial charge on any atom is -0.487 e. The van der Waals surface area contributed by atoms with E-state index in [1.807, 2.05) is 0 Å². The summed E-state index contributed by atoms with van der Waals surface area (Å²) in [6.45, 7) is 9.57. The minimum atomic E-state index is -0.198. The Kier molecular flexibility index (Phi) is 4.14. The lowest BCUT2D eigenvalue weighted by Crippen LogP contribution is -2.45. The fourth-order valence-electron chi connectivity index (χ4n) is 2.55. The fraction of sp³-hybridized carbons (Fsp3) is 0.625. The highest BCUT2D eigenvalue weighted by Crippen LogP contribution is 2.42. The molecule has 1 N–H and O–H groups in total. The quantitative estimate of drug-likeness (QED) is 0.886. The number of hydrogen-bond donors (Lipinski definition) is 1. The first-order valence-corrected chi connectivity index (χ1v) is 7.18. The van der Waals surface area contributed by atoms with Crippen LogP contribution in [-0.2, 0) is 0 Å². The van der Waals surface area contributed by atoms with Crippen molar-refractivity contribution in [2.45, 2.75) is 52.2 Å². The summed E-state index contributed by atoms with van der Waals surface area (Å²) in [6.07, 6.45) is 1.95. The molecule has 1 aromatic rings. The molecule has 2 rings (SSSR count). The van der Waals surface area contributed by atoms with E-state index in [0.29, 0.717) is 5.92 Å². The van der Waals surface area contributed by atoms with Crippen LogP contribution in [0.3, 0.4) is 0 Å². The van der Waals surface area contributed by atoms with E-state index in [0.717, 1.165) is 30.7 Å². The van der Waals surface area contributed by atoms with E-state index in [4.69, 9.17) is 4.74 Å². The van der Waals surface area contributed by atoms with Crippen molar-refractivity contribution < 1.29 is 9.13 Å². The van der Waals surface area contributed by atoms with Crippen molar-refractivity contribution in [3.8, 4) is 5.75 Å². The lowest BCUT2D eigenvalue weighted by atomic mass is 9.81. The summed E-state index contributed by atoms with van der Waals surface area (Å²) in [5.74, 6) is 1.04. The predicted molar refractivity (Wildman–Crippen MR) is 75.9 cm³/mol. The summed E-state index contributed by atoms with van der Waals surface area (Å²) in [7, 11) is 0. The maximum Gasteiger partial charge on any atom is 0.125 e. The van der Waals surface area contributed by atoms with Crippen molar-refractivity contribution in [1.82, 2.24) is 5.32 Å². The number of ether oxygens (including phenoxy) is 1. The van der Waals surface area contributed by atoms with E-state index in [2.05, 4.69) is 33.0 Å². The molecule has 0 saturated heterocycles. The third-order valence-corrected chi connectivity index (χ3v) is 4.16. The Hall–Kier alpha value is -1.09. The van der Waals surface area contributed by atoms with Gasteiger partial charge in [0.2, 0.25) is 0 Å². The summed E-state index contributed by atoms with van der Waals surface area (Å²) in [6, 6.07) is 5.00. The first-order valence-electron chi connectivity index (χ1n) is 7.18. The fourth-order valence-corrected chi connectivity index (χ4v) is 2.55. The standard InChI is InChI=1S/C16H24FNO/c1-5-8-18-14-10-16(4,11(2)3)19-15-7-6-12(17)9-13(14)15/h6-7,9,11,14,18H,5,8,10H2,1-4H3. The van der Waals surface area contributed by atoms with Crippen LogP contribution >= 0.6 is 0 Å². The molecule has 0 aromatic heterocycles. The molecule has 1 aliphatic heterocycles. The zero-order valence-electron chi connectivity index (χ0n) is 12.3. The van der Waals surface area contributed by atoms with Crippen molar-refractivity contribution in [2.75, 3.05) is 6.54 Å². The first-order chi connectivity index (χ1) is 8.96. The van der Waals surface area contributed by atoms with Crippen LogP contribution < -0.4 is 10.1 Å². The van der Waals surface area contributed by atoms with Crippen LogP contribution in [-0.4, -0.2) is 12.1 Å². The number of rotatable bonds is 4. The molecule has 2 atom stereocenters. The molecule has 0 saturated carbocycles. The predicted octanol–water partition coefficient (Wildman–Crippen LogP) is 4.06. The van der Waals surface area contributed by atoms with Crippen molar-refractivity contribution >= 4 is 0 Å². The van der Waals surface area contributed by atoms with E-state index >= 15 is 0 Å². The Labute approximate surface area is 115 Å². The van der Waals surface area contributed by atoms with Crippen LogP contribution in [0.5, 0.6) is 5.75 Å². The Morgan fingerprint density at radius 3 is 2.84 bits per heavy atom. The van der Waals surface area contributed by atoms with E-state index in [1.54, 1.807) is 12.1 Å². The number of halogens is 1. The van der Waals surface area contributed by atoms with Crippen molar-refractivity contribution in [2.24, 2.45) is 5.92 Å². The Balaban J connectivity index is 2.34. The molecule has 0 spiro atoms. The monoisotopic (exact) mass is 265 g/mol. The largest absolute Gasteiger partial charge is 0.487 e. The van der Waals surface area contributed by atoms with E-state index in [9.17, 15) is 4.39 Å². The van der Waals surface area contributed by atoms with Crippen LogP contribution in [0.2, 0.25) is 0 Å². The van der Waals surface area contributed by atoms with Gasteiger partial charge >= 0.3 is 0 Å². The van der Waals surface area contributed by atoms with Gasteiger partial charge in [0, 0.05) is 18.0 Å². The Morgan fingerprint density at radius 1 is 1.47 bits per heavy atom. The molecule has 0 amide bonds. The van der Waals surface area contributed by atoms with Gasteiger partial charge in [-0.05, 0) is 44.0 Å². The van der Waals surface area contributed by atoms with E-state index < -0.39 is 0 Å². The average Bonchev–Trinajstić information content (AvgIpc) is 2.36. The molecule has 19 heavy (non-hydrogen) atoms. The van der Waals surface area contributed by atoms with Crippen LogP contribution in [0.1, 0.15) is 52.1 Å². The molecule has 1 aromatic carbocycles. The first kappa shape index (κ1) is 14.3. The van der Waals surface area contributed by atoms with Gasteiger partial charge in [0.15, 0.2) is 0 Å². The molecule has 1 aliphatic rings. The van der Waals surface area contributed by atoms with Gasteiger partial charge in [-0.3, -0.25) is 0 Å². The molecular formula is C16H24FNO. The number of nitrogens with one attached hydrogen (secondary N) is 1. The van der Waals surface area contributed by atoms with E-state index in [1.165, 1.54) is 6.07 Å². The molecular weight excluding hydrogens is 241 g/mol. The van der Waals surface area contributed by atoms with Crippen molar-refractivity contribution in [3.63, 3.8) is 0 Å². The lowest BCUT2D eigenvalue weighted by Gasteiger charge is -2.43. The Bertz CT molecular complexity index is 446.